The number of hydrogen-bond acceptors (Lipinski definition) is 3. The van der Waals surface area contributed by atoms with Crippen molar-refractivity contribution < 1.29 is 8.78 Å². The van der Waals surface area contributed by atoms with Crippen LogP contribution in [0.1, 0.15) is 12.2 Å². The van der Waals surface area contributed by atoms with E-state index in [2.05, 4.69) is 15.3 Å². The van der Waals surface area contributed by atoms with E-state index in [-0.39, 0.29) is 12.4 Å². The Morgan fingerprint density at radius 2 is 2.06 bits per heavy atom. The summed E-state index contributed by atoms with van der Waals surface area (Å²) in [6, 6.07) is 1.65. The molecule has 7 heteroatoms. The first-order chi connectivity index (χ1) is 7.25. The maximum absolute atomic E-state index is 12.2. The molecule has 0 aliphatic carbocycles. The monoisotopic (exact) mass is 252 g/mol. The summed E-state index contributed by atoms with van der Waals surface area (Å²) in [4.78, 5) is 2.20. The highest BCUT2D eigenvalue weighted by Gasteiger charge is 2.13. The van der Waals surface area contributed by atoms with Crippen molar-refractivity contribution in [3.8, 4) is 0 Å². The van der Waals surface area contributed by atoms with Gasteiger partial charge in [-0.05, 0) is 6.07 Å². The predicted octanol–water partition coefficient (Wildman–Crippen LogP) is 1.11. The van der Waals surface area contributed by atoms with Crippen molar-refractivity contribution in [2.75, 3.05) is 26.2 Å². The van der Waals surface area contributed by atoms with Crippen molar-refractivity contribution in [2.24, 2.45) is 0 Å². The third kappa shape index (κ3) is 3.40. The van der Waals surface area contributed by atoms with Crippen LogP contribution in [0.15, 0.2) is 12.3 Å². The van der Waals surface area contributed by atoms with Crippen molar-refractivity contribution in [3.05, 3.63) is 18.0 Å². The van der Waals surface area contributed by atoms with Crippen LogP contribution in [-0.4, -0.2) is 40.9 Å². The van der Waals surface area contributed by atoms with Gasteiger partial charge in [0.1, 0.15) is 0 Å². The van der Waals surface area contributed by atoms with E-state index in [9.17, 15) is 8.78 Å². The number of piperazine rings is 1. The minimum Gasteiger partial charge on any atom is -0.314 e. The zero-order chi connectivity index (χ0) is 10.7. The summed E-state index contributed by atoms with van der Waals surface area (Å²) in [5.74, 6) is 0. The predicted molar refractivity (Wildman–Crippen MR) is 58.9 cm³/mol. The van der Waals surface area contributed by atoms with Crippen LogP contribution in [0.3, 0.4) is 0 Å². The van der Waals surface area contributed by atoms with E-state index in [1.54, 1.807) is 6.07 Å². The standard InChI is InChI=1S/C9H14F2N4.ClH/c10-9(11)15-4-1-8(13-15)7-14-5-2-12-3-6-14;/h1,4,9,12H,2-3,5-7H2;1H. The maximum atomic E-state index is 12.2. The molecule has 0 saturated carbocycles. The van der Waals surface area contributed by atoms with Gasteiger partial charge in [-0.2, -0.15) is 13.9 Å². The molecule has 2 rings (SSSR count). The first-order valence-electron chi connectivity index (χ1n) is 5.01. The van der Waals surface area contributed by atoms with E-state index in [4.69, 9.17) is 0 Å². The Labute approximate surface area is 99.0 Å². The molecule has 4 nitrogen and oxygen atoms in total. The lowest BCUT2D eigenvalue weighted by Gasteiger charge is -2.26. The first kappa shape index (κ1) is 13.3. The number of nitrogens with zero attached hydrogens (tertiary/aromatic N) is 3. The van der Waals surface area contributed by atoms with Crippen LogP contribution in [0.5, 0.6) is 0 Å². The molecule has 0 bridgehead atoms. The minimum atomic E-state index is -2.54. The summed E-state index contributed by atoms with van der Waals surface area (Å²) in [5.41, 5.74) is 0.706. The van der Waals surface area contributed by atoms with E-state index in [1.807, 2.05) is 0 Å². The average Bonchev–Trinajstić information content (AvgIpc) is 2.68. The maximum Gasteiger partial charge on any atom is 0.333 e. The lowest BCUT2D eigenvalue weighted by Crippen LogP contribution is -2.42. The lowest BCUT2D eigenvalue weighted by molar-refractivity contribution is 0.0557. The molecule has 0 unspecified atom stereocenters. The van der Waals surface area contributed by atoms with Crippen LogP contribution >= 0.6 is 12.4 Å². The highest BCUT2D eigenvalue weighted by molar-refractivity contribution is 5.85. The van der Waals surface area contributed by atoms with E-state index in [0.717, 1.165) is 26.2 Å². The molecule has 1 saturated heterocycles. The van der Waals surface area contributed by atoms with Crippen molar-refractivity contribution in [1.29, 1.82) is 0 Å². The number of halogens is 3. The van der Waals surface area contributed by atoms with Gasteiger partial charge < -0.3 is 5.32 Å². The summed E-state index contributed by atoms with van der Waals surface area (Å²) in [6.45, 7) is 1.91. The van der Waals surface area contributed by atoms with E-state index >= 15 is 0 Å². The fraction of sp³-hybridized carbons (Fsp3) is 0.667. The Morgan fingerprint density at radius 3 is 2.62 bits per heavy atom. The smallest absolute Gasteiger partial charge is 0.314 e. The minimum absolute atomic E-state index is 0. The molecule has 0 atom stereocenters. The summed E-state index contributed by atoms with van der Waals surface area (Å²) in [7, 11) is 0. The number of hydrogen-bond donors (Lipinski definition) is 1. The number of aromatic nitrogens is 2. The lowest BCUT2D eigenvalue weighted by atomic mass is 10.3. The molecule has 1 aliphatic heterocycles. The second-order valence-corrected chi connectivity index (χ2v) is 3.59. The molecule has 0 spiro atoms. The van der Waals surface area contributed by atoms with Gasteiger partial charge in [0.05, 0.1) is 5.69 Å². The molecular weight excluding hydrogens is 238 g/mol. The van der Waals surface area contributed by atoms with Gasteiger partial charge in [-0.15, -0.1) is 12.4 Å². The van der Waals surface area contributed by atoms with Gasteiger partial charge in [0, 0.05) is 38.9 Å². The summed E-state index contributed by atoms with van der Waals surface area (Å²) in [5, 5.41) is 7.05. The van der Waals surface area contributed by atoms with Crippen molar-refractivity contribution >= 4 is 12.4 Å². The number of rotatable bonds is 3. The molecule has 2 heterocycles. The highest BCUT2D eigenvalue weighted by Crippen LogP contribution is 2.10. The molecule has 1 fully saturated rings. The average molecular weight is 253 g/mol. The summed E-state index contributed by atoms with van der Waals surface area (Å²) in [6.07, 6.45) is 1.32. The van der Waals surface area contributed by atoms with Crippen LogP contribution in [0.4, 0.5) is 8.78 Å². The van der Waals surface area contributed by atoms with Gasteiger partial charge in [0.2, 0.25) is 0 Å². The van der Waals surface area contributed by atoms with Gasteiger partial charge in [0.15, 0.2) is 0 Å². The van der Waals surface area contributed by atoms with Gasteiger partial charge in [-0.1, -0.05) is 0 Å². The van der Waals surface area contributed by atoms with Gasteiger partial charge in [-0.3, -0.25) is 4.90 Å². The Kier molecular flexibility index (Phi) is 5.11. The Balaban J connectivity index is 0.00000128. The molecule has 92 valence electrons. The number of nitrogens with one attached hydrogen (secondary N) is 1. The fourth-order valence-corrected chi connectivity index (χ4v) is 1.67. The van der Waals surface area contributed by atoms with Crippen molar-refractivity contribution in [3.63, 3.8) is 0 Å². The highest BCUT2D eigenvalue weighted by atomic mass is 35.5. The van der Waals surface area contributed by atoms with E-state index in [0.29, 0.717) is 16.9 Å². The molecule has 16 heavy (non-hydrogen) atoms. The molecule has 0 radical (unpaired) electrons. The molecule has 1 aromatic heterocycles. The van der Waals surface area contributed by atoms with Gasteiger partial charge in [-0.25, -0.2) is 4.68 Å². The Morgan fingerprint density at radius 1 is 1.38 bits per heavy atom. The van der Waals surface area contributed by atoms with E-state index in [1.165, 1.54) is 6.20 Å². The Bertz CT molecular complexity index is 312. The first-order valence-corrected chi connectivity index (χ1v) is 5.01. The summed E-state index contributed by atoms with van der Waals surface area (Å²) < 4.78 is 25.2. The van der Waals surface area contributed by atoms with Crippen LogP contribution in [0.25, 0.3) is 0 Å². The van der Waals surface area contributed by atoms with E-state index < -0.39 is 6.55 Å². The van der Waals surface area contributed by atoms with Crippen LogP contribution in [0.2, 0.25) is 0 Å². The largest absolute Gasteiger partial charge is 0.333 e. The third-order valence-corrected chi connectivity index (χ3v) is 2.46. The number of alkyl halides is 2. The molecule has 1 aliphatic rings. The third-order valence-electron chi connectivity index (χ3n) is 2.46. The quantitative estimate of drug-likeness (QED) is 0.875. The zero-order valence-corrected chi connectivity index (χ0v) is 9.59. The Hall–Kier alpha value is -0.720. The van der Waals surface area contributed by atoms with Crippen LogP contribution in [-0.2, 0) is 6.54 Å². The fourth-order valence-electron chi connectivity index (χ4n) is 1.67. The van der Waals surface area contributed by atoms with Gasteiger partial charge >= 0.3 is 6.55 Å². The molecule has 0 aromatic carbocycles. The van der Waals surface area contributed by atoms with Crippen LogP contribution in [0, 0.1) is 0 Å². The topological polar surface area (TPSA) is 33.1 Å². The zero-order valence-electron chi connectivity index (χ0n) is 8.77. The molecule has 1 aromatic rings. The van der Waals surface area contributed by atoms with Crippen molar-refractivity contribution in [2.45, 2.75) is 13.1 Å². The van der Waals surface area contributed by atoms with Gasteiger partial charge in [0.25, 0.3) is 0 Å². The molecule has 0 amide bonds. The molecular formula is C9H15ClF2N4. The SMILES string of the molecule is Cl.FC(F)n1ccc(CN2CCNCC2)n1. The summed E-state index contributed by atoms with van der Waals surface area (Å²) >= 11 is 0. The second-order valence-electron chi connectivity index (χ2n) is 3.59. The normalized spacial score (nSPS) is 17.4. The second kappa shape index (κ2) is 6.12. The van der Waals surface area contributed by atoms with Crippen LogP contribution < -0.4 is 5.32 Å². The molecule has 1 N–H and O–H groups in total. The van der Waals surface area contributed by atoms with Crippen molar-refractivity contribution in [1.82, 2.24) is 20.0 Å².